The first-order valence-corrected chi connectivity index (χ1v) is 6.59. The monoisotopic (exact) mass is 276 g/mol. The van der Waals surface area contributed by atoms with E-state index in [1.165, 1.54) is 0 Å². The molecule has 0 saturated carbocycles. The molecule has 0 amide bonds. The van der Waals surface area contributed by atoms with Gasteiger partial charge in [-0.3, -0.25) is 0 Å². The zero-order valence-corrected chi connectivity index (χ0v) is 11.9. The number of hydrazine groups is 1. The number of aryl methyl sites for hydroxylation is 1. The van der Waals surface area contributed by atoms with Gasteiger partial charge in [0.15, 0.2) is 0 Å². The Morgan fingerprint density at radius 3 is 2.42 bits per heavy atom. The summed E-state index contributed by atoms with van der Waals surface area (Å²) >= 11 is 1.57. The van der Waals surface area contributed by atoms with Gasteiger partial charge in [-0.15, -0.1) is 0 Å². The van der Waals surface area contributed by atoms with E-state index in [1.54, 1.807) is 18.9 Å². The highest BCUT2D eigenvalue weighted by Gasteiger charge is 2.09. The Morgan fingerprint density at radius 1 is 1.16 bits per heavy atom. The van der Waals surface area contributed by atoms with E-state index in [1.807, 2.05) is 38.1 Å². The number of nitrogens with zero attached hydrogens (tertiary/aromatic N) is 2. The molecule has 0 aliphatic heterocycles. The van der Waals surface area contributed by atoms with Crippen LogP contribution in [0.5, 0.6) is 5.75 Å². The molecule has 6 heteroatoms. The topological polar surface area (TPSA) is 73.1 Å². The highest BCUT2D eigenvalue weighted by atomic mass is 32.2. The summed E-state index contributed by atoms with van der Waals surface area (Å²) in [6.45, 7) is 3.79. The standard InChI is InChI=1S/C13H16N4OS/c1-8-12(17-14)15-9(2)16-13(8)19-11-6-4-10(18-3)5-7-11/h4-7H,14H2,1-3H3,(H,15,16,17). The maximum atomic E-state index is 5.45. The van der Waals surface area contributed by atoms with Gasteiger partial charge in [0.1, 0.15) is 22.4 Å². The highest BCUT2D eigenvalue weighted by molar-refractivity contribution is 7.99. The van der Waals surface area contributed by atoms with Crippen LogP contribution in [0.15, 0.2) is 34.2 Å². The molecule has 100 valence electrons. The van der Waals surface area contributed by atoms with Crippen LogP contribution >= 0.6 is 11.8 Å². The van der Waals surface area contributed by atoms with E-state index < -0.39 is 0 Å². The number of ether oxygens (including phenoxy) is 1. The molecule has 0 aliphatic carbocycles. The SMILES string of the molecule is COc1ccc(Sc2nc(C)nc(NN)c2C)cc1. The number of anilines is 1. The van der Waals surface area contributed by atoms with Gasteiger partial charge in [-0.25, -0.2) is 15.8 Å². The molecule has 1 heterocycles. The molecule has 5 nitrogen and oxygen atoms in total. The van der Waals surface area contributed by atoms with Gasteiger partial charge in [0.2, 0.25) is 0 Å². The second-order valence-electron chi connectivity index (χ2n) is 3.97. The fourth-order valence-corrected chi connectivity index (χ4v) is 2.52. The van der Waals surface area contributed by atoms with E-state index in [2.05, 4.69) is 15.4 Å². The maximum absolute atomic E-state index is 5.45. The van der Waals surface area contributed by atoms with Crippen LogP contribution in [0, 0.1) is 13.8 Å². The van der Waals surface area contributed by atoms with Crippen molar-refractivity contribution in [2.75, 3.05) is 12.5 Å². The van der Waals surface area contributed by atoms with Gasteiger partial charge in [0.05, 0.1) is 7.11 Å². The number of benzene rings is 1. The van der Waals surface area contributed by atoms with Crippen LogP contribution < -0.4 is 16.0 Å². The van der Waals surface area contributed by atoms with E-state index in [0.717, 1.165) is 21.2 Å². The van der Waals surface area contributed by atoms with Crippen LogP contribution in [0.25, 0.3) is 0 Å². The predicted molar refractivity (Wildman–Crippen MR) is 76.4 cm³/mol. The summed E-state index contributed by atoms with van der Waals surface area (Å²) in [5.41, 5.74) is 3.53. The van der Waals surface area contributed by atoms with Crippen molar-refractivity contribution in [2.45, 2.75) is 23.8 Å². The molecule has 3 N–H and O–H groups in total. The van der Waals surface area contributed by atoms with Gasteiger partial charge < -0.3 is 10.2 Å². The second kappa shape index (κ2) is 5.90. The fourth-order valence-electron chi connectivity index (χ4n) is 1.60. The largest absolute Gasteiger partial charge is 0.497 e. The molecule has 0 aliphatic rings. The Bertz CT molecular complexity index is 572. The molecule has 0 fully saturated rings. The van der Waals surface area contributed by atoms with E-state index in [4.69, 9.17) is 10.6 Å². The van der Waals surface area contributed by atoms with Crippen LogP contribution in [-0.2, 0) is 0 Å². The summed E-state index contributed by atoms with van der Waals surface area (Å²) in [6, 6.07) is 7.84. The third kappa shape index (κ3) is 3.15. The summed E-state index contributed by atoms with van der Waals surface area (Å²) in [5, 5.41) is 0.894. The zero-order valence-electron chi connectivity index (χ0n) is 11.1. The van der Waals surface area contributed by atoms with Gasteiger partial charge in [0.25, 0.3) is 0 Å². The number of aromatic nitrogens is 2. The lowest BCUT2D eigenvalue weighted by Gasteiger charge is -2.10. The van der Waals surface area contributed by atoms with Gasteiger partial charge in [-0.05, 0) is 38.1 Å². The predicted octanol–water partition coefficient (Wildman–Crippen LogP) is 2.54. The Hall–Kier alpha value is -1.79. The Balaban J connectivity index is 2.29. The van der Waals surface area contributed by atoms with E-state index in [-0.39, 0.29) is 0 Å². The second-order valence-corrected chi connectivity index (χ2v) is 5.03. The number of hydrogen-bond donors (Lipinski definition) is 2. The average Bonchev–Trinajstić information content (AvgIpc) is 2.43. The normalized spacial score (nSPS) is 10.3. The molecule has 0 atom stereocenters. The van der Waals surface area contributed by atoms with Crippen molar-refractivity contribution >= 4 is 17.6 Å². The zero-order chi connectivity index (χ0) is 13.8. The lowest BCUT2D eigenvalue weighted by molar-refractivity contribution is 0.414. The number of nitrogens with one attached hydrogen (secondary N) is 1. The summed E-state index contributed by atoms with van der Waals surface area (Å²) in [4.78, 5) is 9.77. The maximum Gasteiger partial charge on any atom is 0.147 e. The molecule has 2 rings (SSSR count). The Labute approximate surface area is 116 Å². The lowest BCUT2D eigenvalue weighted by Crippen LogP contribution is -2.12. The van der Waals surface area contributed by atoms with E-state index >= 15 is 0 Å². The van der Waals surface area contributed by atoms with Crippen LogP contribution in [0.1, 0.15) is 11.4 Å². The molecule has 0 radical (unpaired) electrons. The van der Waals surface area contributed by atoms with Crippen molar-refractivity contribution in [2.24, 2.45) is 5.84 Å². The molecule has 0 spiro atoms. The Kier molecular flexibility index (Phi) is 4.24. The van der Waals surface area contributed by atoms with Crippen molar-refractivity contribution in [3.63, 3.8) is 0 Å². The smallest absolute Gasteiger partial charge is 0.147 e. The van der Waals surface area contributed by atoms with Gasteiger partial charge >= 0.3 is 0 Å². The quantitative estimate of drug-likeness (QED) is 0.508. The molecular formula is C13H16N4OS. The first kappa shape index (κ1) is 13.6. The molecule has 0 unspecified atom stereocenters. The molecule has 1 aromatic carbocycles. The van der Waals surface area contributed by atoms with E-state index in [0.29, 0.717) is 11.6 Å². The van der Waals surface area contributed by atoms with Crippen molar-refractivity contribution in [1.29, 1.82) is 0 Å². The number of nitrogen functional groups attached to an aromatic ring is 1. The van der Waals surface area contributed by atoms with Crippen molar-refractivity contribution in [1.82, 2.24) is 9.97 Å². The molecule has 0 bridgehead atoms. The number of rotatable bonds is 4. The van der Waals surface area contributed by atoms with Crippen LogP contribution in [0.3, 0.4) is 0 Å². The number of methoxy groups -OCH3 is 1. The molecule has 19 heavy (non-hydrogen) atoms. The summed E-state index contributed by atoms with van der Waals surface area (Å²) in [6.07, 6.45) is 0. The van der Waals surface area contributed by atoms with Crippen LogP contribution in [0.4, 0.5) is 5.82 Å². The minimum atomic E-state index is 0.656. The van der Waals surface area contributed by atoms with Gasteiger partial charge in [0, 0.05) is 10.5 Å². The molecule has 1 aromatic heterocycles. The lowest BCUT2D eigenvalue weighted by atomic mass is 10.3. The summed E-state index contributed by atoms with van der Waals surface area (Å²) in [5.74, 6) is 7.64. The third-order valence-electron chi connectivity index (χ3n) is 2.62. The average molecular weight is 276 g/mol. The van der Waals surface area contributed by atoms with E-state index in [9.17, 15) is 0 Å². The van der Waals surface area contributed by atoms with Crippen molar-refractivity contribution < 1.29 is 4.74 Å². The van der Waals surface area contributed by atoms with Crippen molar-refractivity contribution in [3.05, 3.63) is 35.7 Å². The minimum Gasteiger partial charge on any atom is -0.497 e. The molecule has 2 aromatic rings. The van der Waals surface area contributed by atoms with Gasteiger partial charge in [-0.2, -0.15) is 0 Å². The first-order chi connectivity index (χ1) is 9.13. The summed E-state index contributed by atoms with van der Waals surface area (Å²) < 4.78 is 5.14. The van der Waals surface area contributed by atoms with Crippen LogP contribution in [-0.4, -0.2) is 17.1 Å². The van der Waals surface area contributed by atoms with Crippen LogP contribution in [0.2, 0.25) is 0 Å². The minimum absolute atomic E-state index is 0.656. The Morgan fingerprint density at radius 2 is 1.84 bits per heavy atom. The van der Waals surface area contributed by atoms with Gasteiger partial charge in [-0.1, -0.05) is 11.8 Å². The number of hydrogen-bond acceptors (Lipinski definition) is 6. The number of nitrogens with two attached hydrogens (primary N) is 1. The fraction of sp³-hybridized carbons (Fsp3) is 0.231. The summed E-state index contributed by atoms with van der Waals surface area (Å²) in [7, 11) is 1.65. The van der Waals surface area contributed by atoms with Crippen molar-refractivity contribution in [3.8, 4) is 5.75 Å². The molecular weight excluding hydrogens is 260 g/mol. The third-order valence-corrected chi connectivity index (χ3v) is 3.72. The highest BCUT2D eigenvalue weighted by Crippen LogP contribution is 2.31. The molecule has 0 saturated heterocycles. The first-order valence-electron chi connectivity index (χ1n) is 5.78.